The van der Waals surface area contributed by atoms with Crippen LogP contribution in [0.25, 0.3) is 5.57 Å². The van der Waals surface area contributed by atoms with E-state index < -0.39 is 0 Å². The van der Waals surface area contributed by atoms with Crippen LogP contribution in [0.3, 0.4) is 0 Å². The second kappa shape index (κ2) is 9.85. The van der Waals surface area contributed by atoms with Crippen LogP contribution in [-0.2, 0) is 9.59 Å². The van der Waals surface area contributed by atoms with E-state index in [2.05, 4.69) is 0 Å². The predicted octanol–water partition coefficient (Wildman–Crippen LogP) is 3.14. The standard InChI is InChI=1S/C25H28N2O6/c1-30-18-14-21(31-2)25(22(15-18)32-3)17-8-11-26(12-9-17)23(28)10-13-27-19-6-4-5-7-20(19)33-16-24(27)29/h4-8,14-15H,9-13,16H2,1-3H3. The van der Waals surface area contributed by atoms with E-state index in [-0.39, 0.29) is 24.8 Å². The number of amides is 2. The number of para-hydroxylation sites is 2. The Hall–Kier alpha value is -3.68. The van der Waals surface area contributed by atoms with Gasteiger partial charge in [0.05, 0.1) is 32.6 Å². The first-order chi connectivity index (χ1) is 16.0. The maximum atomic E-state index is 12.9. The second-order valence-corrected chi connectivity index (χ2v) is 7.78. The van der Waals surface area contributed by atoms with Gasteiger partial charge in [-0.05, 0) is 24.1 Å². The molecule has 8 nitrogen and oxygen atoms in total. The Balaban J connectivity index is 1.44. The molecule has 0 spiro atoms. The smallest absolute Gasteiger partial charge is 0.265 e. The molecule has 8 heteroatoms. The molecule has 0 radical (unpaired) electrons. The number of hydrogen-bond acceptors (Lipinski definition) is 6. The molecule has 2 aromatic carbocycles. The summed E-state index contributed by atoms with van der Waals surface area (Å²) in [4.78, 5) is 28.7. The zero-order chi connectivity index (χ0) is 23.4. The van der Waals surface area contributed by atoms with E-state index in [0.717, 1.165) is 11.1 Å². The Morgan fingerprint density at radius 1 is 1.06 bits per heavy atom. The fourth-order valence-electron chi connectivity index (χ4n) is 4.21. The third-order valence-corrected chi connectivity index (χ3v) is 5.96. The number of ether oxygens (including phenoxy) is 4. The zero-order valence-corrected chi connectivity index (χ0v) is 19.1. The first-order valence-corrected chi connectivity index (χ1v) is 10.8. The normalized spacial score (nSPS) is 15.4. The van der Waals surface area contributed by atoms with Crippen LogP contribution in [0.1, 0.15) is 18.4 Å². The summed E-state index contributed by atoms with van der Waals surface area (Å²) in [6.45, 7) is 1.38. The first-order valence-electron chi connectivity index (χ1n) is 10.8. The average molecular weight is 453 g/mol. The summed E-state index contributed by atoms with van der Waals surface area (Å²) in [6, 6.07) is 11.0. The van der Waals surface area contributed by atoms with E-state index in [4.69, 9.17) is 18.9 Å². The molecule has 174 valence electrons. The van der Waals surface area contributed by atoms with Crippen molar-refractivity contribution in [2.45, 2.75) is 12.8 Å². The van der Waals surface area contributed by atoms with E-state index in [0.29, 0.717) is 54.7 Å². The minimum Gasteiger partial charge on any atom is -0.496 e. The summed E-state index contributed by atoms with van der Waals surface area (Å²) >= 11 is 0. The molecule has 0 fully saturated rings. The number of carbonyl (C=O) groups is 2. The van der Waals surface area contributed by atoms with Crippen LogP contribution >= 0.6 is 0 Å². The summed E-state index contributed by atoms with van der Waals surface area (Å²) in [5, 5.41) is 0. The molecular weight excluding hydrogens is 424 g/mol. The van der Waals surface area contributed by atoms with Crippen molar-refractivity contribution >= 4 is 23.1 Å². The lowest BCUT2D eigenvalue weighted by Crippen LogP contribution is -2.42. The maximum Gasteiger partial charge on any atom is 0.265 e. The highest BCUT2D eigenvalue weighted by Crippen LogP contribution is 2.41. The molecule has 2 heterocycles. The molecule has 0 N–H and O–H groups in total. The number of fused-ring (bicyclic) bond motifs is 1. The molecule has 33 heavy (non-hydrogen) atoms. The Labute approximate surface area is 193 Å². The Morgan fingerprint density at radius 2 is 1.79 bits per heavy atom. The molecule has 0 saturated carbocycles. The maximum absolute atomic E-state index is 12.9. The number of benzene rings is 2. The van der Waals surface area contributed by atoms with Crippen LogP contribution < -0.4 is 23.8 Å². The third kappa shape index (κ3) is 4.60. The number of methoxy groups -OCH3 is 3. The third-order valence-electron chi connectivity index (χ3n) is 5.96. The van der Waals surface area contributed by atoms with Gasteiger partial charge in [0.15, 0.2) is 6.61 Å². The largest absolute Gasteiger partial charge is 0.496 e. The van der Waals surface area contributed by atoms with E-state index >= 15 is 0 Å². The second-order valence-electron chi connectivity index (χ2n) is 7.78. The van der Waals surface area contributed by atoms with Crippen LogP contribution in [0.2, 0.25) is 0 Å². The Bertz CT molecular complexity index is 1060. The predicted molar refractivity (Wildman–Crippen MR) is 124 cm³/mol. The Kier molecular flexibility index (Phi) is 6.72. The summed E-state index contributed by atoms with van der Waals surface area (Å²) < 4.78 is 21.9. The number of nitrogens with zero attached hydrogens (tertiary/aromatic N) is 2. The van der Waals surface area contributed by atoms with Crippen molar-refractivity contribution in [3.05, 3.63) is 48.0 Å². The van der Waals surface area contributed by atoms with E-state index in [1.54, 1.807) is 26.2 Å². The highest BCUT2D eigenvalue weighted by atomic mass is 16.5. The summed E-state index contributed by atoms with van der Waals surface area (Å²) in [5.41, 5.74) is 2.65. The van der Waals surface area contributed by atoms with Gasteiger partial charge in [-0.3, -0.25) is 9.59 Å². The van der Waals surface area contributed by atoms with Crippen molar-refractivity contribution in [1.29, 1.82) is 0 Å². The van der Waals surface area contributed by atoms with Gasteiger partial charge in [0.25, 0.3) is 5.91 Å². The number of hydrogen-bond donors (Lipinski definition) is 0. The van der Waals surface area contributed by atoms with Crippen molar-refractivity contribution in [3.8, 4) is 23.0 Å². The topological polar surface area (TPSA) is 77.5 Å². The van der Waals surface area contributed by atoms with Gasteiger partial charge < -0.3 is 28.7 Å². The molecule has 2 aliphatic rings. The summed E-state index contributed by atoms with van der Waals surface area (Å²) in [5.74, 6) is 2.53. The van der Waals surface area contributed by atoms with Crippen molar-refractivity contribution in [3.63, 3.8) is 0 Å². The SMILES string of the molecule is COc1cc(OC)c(C2=CCN(C(=O)CCN3C(=O)COc4ccccc43)CC2)c(OC)c1. The highest BCUT2D eigenvalue weighted by Gasteiger charge is 2.27. The lowest BCUT2D eigenvalue weighted by molar-refractivity contribution is -0.130. The zero-order valence-electron chi connectivity index (χ0n) is 19.1. The quantitative estimate of drug-likeness (QED) is 0.642. The molecule has 4 rings (SSSR count). The number of carbonyl (C=O) groups excluding carboxylic acids is 2. The van der Waals surface area contributed by atoms with Crippen LogP contribution in [0.5, 0.6) is 23.0 Å². The van der Waals surface area contributed by atoms with Crippen molar-refractivity contribution in [1.82, 2.24) is 4.90 Å². The van der Waals surface area contributed by atoms with Crippen LogP contribution in [-0.4, -0.2) is 64.3 Å². The molecule has 2 aromatic rings. The molecule has 0 saturated heterocycles. The Morgan fingerprint density at radius 3 is 2.42 bits per heavy atom. The lowest BCUT2D eigenvalue weighted by atomic mass is 9.97. The lowest BCUT2D eigenvalue weighted by Gasteiger charge is -2.31. The van der Waals surface area contributed by atoms with Crippen LogP contribution in [0.15, 0.2) is 42.5 Å². The van der Waals surface area contributed by atoms with Crippen molar-refractivity contribution < 1.29 is 28.5 Å². The average Bonchev–Trinajstić information content (AvgIpc) is 2.87. The molecule has 2 aliphatic heterocycles. The minimum atomic E-state index is -0.138. The first kappa shape index (κ1) is 22.5. The number of anilines is 1. The van der Waals surface area contributed by atoms with Crippen molar-refractivity contribution in [2.24, 2.45) is 0 Å². The van der Waals surface area contributed by atoms with E-state index in [1.165, 1.54) is 0 Å². The van der Waals surface area contributed by atoms with E-state index in [1.807, 2.05) is 47.4 Å². The molecule has 0 unspecified atom stereocenters. The van der Waals surface area contributed by atoms with Gasteiger partial charge in [-0.15, -0.1) is 0 Å². The van der Waals surface area contributed by atoms with Crippen molar-refractivity contribution in [2.75, 3.05) is 52.5 Å². The monoisotopic (exact) mass is 452 g/mol. The van der Waals surface area contributed by atoms with E-state index in [9.17, 15) is 9.59 Å². The molecule has 0 aromatic heterocycles. The van der Waals surface area contributed by atoms with Crippen LogP contribution in [0.4, 0.5) is 5.69 Å². The summed E-state index contributed by atoms with van der Waals surface area (Å²) in [6.07, 6.45) is 2.95. The molecule has 0 aliphatic carbocycles. The van der Waals surface area contributed by atoms with Gasteiger partial charge in [-0.25, -0.2) is 0 Å². The molecule has 0 bridgehead atoms. The minimum absolute atomic E-state index is 0.00740. The van der Waals surface area contributed by atoms with Gasteiger partial charge in [-0.1, -0.05) is 18.2 Å². The van der Waals surface area contributed by atoms with Gasteiger partial charge in [0, 0.05) is 38.2 Å². The van der Waals surface area contributed by atoms with Gasteiger partial charge in [0.1, 0.15) is 23.0 Å². The fourth-order valence-corrected chi connectivity index (χ4v) is 4.21. The molecule has 2 amide bonds. The molecular formula is C25H28N2O6. The van der Waals surface area contributed by atoms with Crippen LogP contribution in [0, 0.1) is 0 Å². The van der Waals surface area contributed by atoms with Gasteiger partial charge >= 0.3 is 0 Å². The van der Waals surface area contributed by atoms with Gasteiger partial charge in [-0.2, -0.15) is 0 Å². The van der Waals surface area contributed by atoms with Gasteiger partial charge in [0.2, 0.25) is 5.91 Å². The summed E-state index contributed by atoms with van der Waals surface area (Å²) in [7, 11) is 4.82. The number of rotatable bonds is 7. The fraction of sp³-hybridized carbons (Fsp3) is 0.360. The highest BCUT2D eigenvalue weighted by molar-refractivity contribution is 5.98. The molecule has 0 atom stereocenters.